The van der Waals surface area contributed by atoms with Crippen molar-refractivity contribution in [2.75, 3.05) is 27.1 Å². The third-order valence-electron chi connectivity index (χ3n) is 0.612. The standard InChI is InChI=1S/C4H13OP/c1-5-6(2,3)4/h6H,1-4H3. The molecule has 0 unspecified atom stereocenters. The van der Waals surface area contributed by atoms with Gasteiger partial charge in [-0.25, -0.2) is 0 Å². The van der Waals surface area contributed by atoms with Gasteiger partial charge in [-0.2, -0.15) is 0 Å². The molecule has 0 aliphatic rings. The Balaban J connectivity index is 3.17. The van der Waals surface area contributed by atoms with Crippen molar-refractivity contribution in [3.8, 4) is 0 Å². The SMILES string of the molecule is CO[PH](C)(C)C. The Kier molecular flexibility index (Phi) is 2.03. The molecule has 0 aromatic carbocycles. The summed E-state index contributed by atoms with van der Waals surface area (Å²) in [6.45, 7) is 6.48. The third kappa shape index (κ3) is 4.39. The van der Waals surface area contributed by atoms with Crippen LogP contribution in [0, 0.1) is 0 Å². The molecule has 0 amide bonds. The van der Waals surface area contributed by atoms with Crippen LogP contribution in [0.25, 0.3) is 0 Å². The van der Waals surface area contributed by atoms with E-state index in [1.165, 1.54) is 0 Å². The maximum atomic E-state index is 5.08. The van der Waals surface area contributed by atoms with E-state index in [0.29, 0.717) is 0 Å². The Bertz CT molecular complexity index is 37.3. The summed E-state index contributed by atoms with van der Waals surface area (Å²) in [6, 6.07) is 0. The molecule has 0 saturated carbocycles. The van der Waals surface area contributed by atoms with Gasteiger partial charge in [0.1, 0.15) is 0 Å². The van der Waals surface area contributed by atoms with Crippen molar-refractivity contribution in [1.29, 1.82) is 0 Å². The Labute approximate surface area is 40.1 Å². The topological polar surface area (TPSA) is 9.23 Å². The van der Waals surface area contributed by atoms with E-state index in [4.69, 9.17) is 4.52 Å². The zero-order valence-electron chi connectivity index (χ0n) is 4.91. The van der Waals surface area contributed by atoms with Crippen molar-refractivity contribution in [1.82, 2.24) is 0 Å². The number of rotatable bonds is 1. The van der Waals surface area contributed by atoms with Crippen LogP contribution in [0.4, 0.5) is 0 Å². The van der Waals surface area contributed by atoms with Crippen LogP contribution in [0.1, 0.15) is 0 Å². The van der Waals surface area contributed by atoms with Gasteiger partial charge in [-0.3, -0.25) is 0 Å². The van der Waals surface area contributed by atoms with Crippen molar-refractivity contribution in [3.63, 3.8) is 0 Å². The van der Waals surface area contributed by atoms with Crippen LogP contribution >= 0.6 is 7.49 Å². The van der Waals surface area contributed by atoms with Crippen molar-refractivity contribution >= 4 is 7.49 Å². The van der Waals surface area contributed by atoms with E-state index < -0.39 is 7.49 Å². The van der Waals surface area contributed by atoms with Gasteiger partial charge in [-0.15, -0.1) is 0 Å². The Morgan fingerprint density at radius 2 is 1.33 bits per heavy atom. The Hall–Kier alpha value is 0.390. The van der Waals surface area contributed by atoms with Crippen LogP contribution < -0.4 is 0 Å². The van der Waals surface area contributed by atoms with E-state index in [9.17, 15) is 0 Å². The van der Waals surface area contributed by atoms with Crippen molar-refractivity contribution in [3.05, 3.63) is 0 Å². The average molecular weight is 108 g/mol. The minimum absolute atomic E-state index is 1.13. The quantitative estimate of drug-likeness (QED) is 0.458. The first-order valence-corrected chi connectivity index (χ1v) is 5.52. The third-order valence-corrected chi connectivity index (χ3v) is 1.84. The Morgan fingerprint density at radius 1 is 1.17 bits per heavy atom. The summed E-state index contributed by atoms with van der Waals surface area (Å²) in [6.07, 6.45) is 0. The first-order chi connectivity index (χ1) is 2.56. The fourth-order valence-electron chi connectivity index (χ4n) is 0. The predicted octanol–water partition coefficient (Wildman–Crippen LogP) is 1.19. The maximum absolute atomic E-state index is 5.08. The van der Waals surface area contributed by atoms with E-state index in [1.54, 1.807) is 7.11 Å². The van der Waals surface area contributed by atoms with Crippen LogP contribution in [0.2, 0.25) is 0 Å². The van der Waals surface area contributed by atoms with E-state index in [0.717, 1.165) is 0 Å². The predicted molar refractivity (Wildman–Crippen MR) is 33.1 cm³/mol. The monoisotopic (exact) mass is 108 g/mol. The summed E-state index contributed by atoms with van der Waals surface area (Å²) in [5.74, 6) is 0. The summed E-state index contributed by atoms with van der Waals surface area (Å²) in [5.41, 5.74) is 0. The fourth-order valence-corrected chi connectivity index (χ4v) is 0. The van der Waals surface area contributed by atoms with Crippen LogP contribution in [-0.2, 0) is 4.52 Å². The molecule has 0 spiro atoms. The molecular formula is C4H13OP. The molecule has 0 aromatic rings. The summed E-state index contributed by atoms with van der Waals surface area (Å²) >= 11 is 0. The van der Waals surface area contributed by atoms with E-state index >= 15 is 0 Å². The van der Waals surface area contributed by atoms with Crippen LogP contribution in [0.15, 0.2) is 0 Å². The second-order valence-corrected chi connectivity index (χ2v) is 6.95. The van der Waals surface area contributed by atoms with Gasteiger partial charge in [0.25, 0.3) is 0 Å². The summed E-state index contributed by atoms with van der Waals surface area (Å²) < 4.78 is 5.08. The summed E-state index contributed by atoms with van der Waals surface area (Å²) in [5, 5.41) is 0. The fraction of sp³-hybridized carbons (Fsp3) is 1.00. The Morgan fingerprint density at radius 3 is 1.33 bits per heavy atom. The number of hydrogen-bond acceptors (Lipinski definition) is 1. The number of hydrogen-bond donors (Lipinski definition) is 0. The zero-order valence-corrected chi connectivity index (χ0v) is 5.91. The molecule has 0 bridgehead atoms. The van der Waals surface area contributed by atoms with Gasteiger partial charge < -0.3 is 0 Å². The van der Waals surface area contributed by atoms with E-state index in [2.05, 4.69) is 20.0 Å². The summed E-state index contributed by atoms with van der Waals surface area (Å²) in [7, 11) is 0.639. The first-order valence-electron chi connectivity index (χ1n) is 2.11. The molecule has 0 aromatic heterocycles. The van der Waals surface area contributed by atoms with Crippen LogP contribution in [-0.4, -0.2) is 27.1 Å². The van der Waals surface area contributed by atoms with E-state index in [1.807, 2.05) is 0 Å². The molecule has 0 N–H and O–H groups in total. The van der Waals surface area contributed by atoms with Crippen LogP contribution in [0.5, 0.6) is 0 Å². The van der Waals surface area contributed by atoms with Crippen molar-refractivity contribution in [2.45, 2.75) is 0 Å². The molecule has 0 aliphatic carbocycles. The van der Waals surface area contributed by atoms with Crippen molar-refractivity contribution < 1.29 is 4.52 Å². The molecule has 0 saturated heterocycles. The van der Waals surface area contributed by atoms with Crippen molar-refractivity contribution in [2.24, 2.45) is 0 Å². The molecule has 0 fully saturated rings. The van der Waals surface area contributed by atoms with Gasteiger partial charge in [0.2, 0.25) is 0 Å². The minimum atomic E-state index is -1.13. The second kappa shape index (κ2) is 1.90. The second-order valence-electron chi connectivity index (χ2n) is 2.32. The van der Waals surface area contributed by atoms with Crippen LogP contribution in [0.3, 0.4) is 0 Å². The molecule has 0 radical (unpaired) electrons. The van der Waals surface area contributed by atoms with Gasteiger partial charge in [0.15, 0.2) is 0 Å². The van der Waals surface area contributed by atoms with Gasteiger partial charge >= 0.3 is 39.1 Å². The molecule has 0 atom stereocenters. The average Bonchev–Trinajstić information content (AvgIpc) is 1.35. The molecule has 1 nitrogen and oxygen atoms in total. The normalized spacial score (nSPS) is 14.7. The molecule has 2 heteroatoms. The van der Waals surface area contributed by atoms with Gasteiger partial charge in [0, 0.05) is 0 Å². The van der Waals surface area contributed by atoms with Gasteiger partial charge in [-0.05, 0) is 0 Å². The molecule has 0 aliphatic heterocycles. The van der Waals surface area contributed by atoms with Gasteiger partial charge in [-0.1, -0.05) is 0 Å². The van der Waals surface area contributed by atoms with E-state index in [-0.39, 0.29) is 0 Å². The molecular weight excluding hydrogens is 95.0 g/mol. The zero-order chi connectivity index (χ0) is 5.21. The summed E-state index contributed by atoms with van der Waals surface area (Å²) in [4.78, 5) is 0. The molecule has 40 valence electrons. The molecule has 6 heavy (non-hydrogen) atoms. The van der Waals surface area contributed by atoms with Gasteiger partial charge in [0.05, 0.1) is 0 Å². The first kappa shape index (κ1) is 6.39. The molecule has 0 heterocycles. The molecule has 0 rings (SSSR count).